The van der Waals surface area contributed by atoms with E-state index in [-0.39, 0.29) is 0 Å². The fourth-order valence-corrected chi connectivity index (χ4v) is 3.24. The summed E-state index contributed by atoms with van der Waals surface area (Å²) in [5.74, 6) is 2.86. The molecule has 0 aromatic heterocycles. The van der Waals surface area contributed by atoms with Gasteiger partial charge in [0.2, 0.25) is 0 Å². The van der Waals surface area contributed by atoms with E-state index in [1.807, 2.05) is 0 Å². The molecule has 0 saturated carbocycles. The van der Waals surface area contributed by atoms with Gasteiger partial charge in [0.05, 0.1) is 0 Å². The van der Waals surface area contributed by atoms with Crippen LogP contribution >= 0.6 is 0 Å². The van der Waals surface area contributed by atoms with Crippen molar-refractivity contribution in [1.82, 2.24) is 9.80 Å². The van der Waals surface area contributed by atoms with Gasteiger partial charge in [0.1, 0.15) is 0 Å². The minimum Gasteiger partial charge on any atom is -0.306 e. The highest BCUT2D eigenvalue weighted by molar-refractivity contribution is 4.72. The van der Waals surface area contributed by atoms with Gasteiger partial charge in [0.25, 0.3) is 0 Å². The number of rotatable bonds is 2. The summed E-state index contributed by atoms with van der Waals surface area (Å²) in [4.78, 5) is 5.00. The van der Waals surface area contributed by atoms with Crippen molar-refractivity contribution in [3.63, 3.8) is 0 Å². The monoisotopic (exact) mass is 282 g/mol. The molecule has 120 valence electrons. The largest absolute Gasteiger partial charge is 0.306 e. The molecule has 0 N–H and O–H groups in total. The molecular weight excluding hydrogens is 244 g/mol. The van der Waals surface area contributed by atoms with Crippen molar-refractivity contribution < 1.29 is 0 Å². The minimum absolute atomic E-state index is 0.757. The van der Waals surface area contributed by atoms with Crippen molar-refractivity contribution in [2.75, 3.05) is 33.2 Å². The van der Waals surface area contributed by atoms with Gasteiger partial charge in [0.15, 0.2) is 0 Å². The topological polar surface area (TPSA) is 6.48 Å². The first-order valence-electron chi connectivity index (χ1n) is 8.82. The van der Waals surface area contributed by atoms with E-state index in [9.17, 15) is 0 Å². The summed E-state index contributed by atoms with van der Waals surface area (Å²) in [7, 11) is 2.22. The standard InChI is InChI=1S/2C9H19N/c1-8(2)9-4-6-10(3)7-5-9;1-8(2)10-6-4-9(3)5-7-10/h2*8-9H,4-7H2,1-3H3. The predicted molar refractivity (Wildman–Crippen MR) is 90.2 cm³/mol. The number of piperidine rings is 2. The van der Waals surface area contributed by atoms with Gasteiger partial charge in [-0.3, -0.25) is 0 Å². The van der Waals surface area contributed by atoms with E-state index in [1.54, 1.807) is 0 Å². The maximum absolute atomic E-state index is 2.57. The molecule has 2 aliphatic heterocycles. The Morgan fingerprint density at radius 2 is 1.30 bits per heavy atom. The zero-order valence-electron chi connectivity index (χ0n) is 14.9. The van der Waals surface area contributed by atoms with Crippen LogP contribution in [0.2, 0.25) is 0 Å². The Morgan fingerprint density at radius 1 is 0.800 bits per heavy atom. The van der Waals surface area contributed by atoms with Crippen LogP contribution in [0.4, 0.5) is 0 Å². The van der Waals surface area contributed by atoms with Crippen LogP contribution < -0.4 is 0 Å². The van der Waals surface area contributed by atoms with Crippen LogP contribution in [-0.4, -0.2) is 49.1 Å². The van der Waals surface area contributed by atoms with Gasteiger partial charge in [-0.2, -0.15) is 0 Å². The molecular formula is C18H38N2. The molecule has 0 unspecified atom stereocenters. The predicted octanol–water partition coefficient (Wildman–Crippen LogP) is 4.11. The second-order valence-electron chi connectivity index (χ2n) is 7.70. The van der Waals surface area contributed by atoms with Crippen LogP contribution in [-0.2, 0) is 0 Å². The molecule has 0 atom stereocenters. The second-order valence-corrected chi connectivity index (χ2v) is 7.70. The summed E-state index contributed by atoms with van der Waals surface area (Å²) < 4.78 is 0. The maximum Gasteiger partial charge on any atom is 0.00385 e. The fraction of sp³-hybridized carbons (Fsp3) is 1.00. The third kappa shape index (κ3) is 6.58. The maximum atomic E-state index is 2.57. The molecule has 2 fully saturated rings. The first kappa shape index (κ1) is 18.0. The molecule has 20 heavy (non-hydrogen) atoms. The average molecular weight is 283 g/mol. The molecule has 2 heteroatoms. The van der Waals surface area contributed by atoms with Crippen LogP contribution in [0.5, 0.6) is 0 Å². The van der Waals surface area contributed by atoms with Crippen molar-refractivity contribution in [2.45, 2.75) is 66.3 Å². The molecule has 0 bridgehead atoms. The van der Waals surface area contributed by atoms with Crippen LogP contribution in [0.15, 0.2) is 0 Å². The smallest absolute Gasteiger partial charge is 0.00385 e. The van der Waals surface area contributed by atoms with Gasteiger partial charge in [-0.1, -0.05) is 20.8 Å². The Balaban J connectivity index is 0.000000200. The fourth-order valence-electron chi connectivity index (χ4n) is 3.24. The highest BCUT2D eigenvalue weighted by Gasteiger charge is 2.18. The lowest BCUT2D eigenvalue weighted by atomic mass is 9.87. The quantitative estimate of drug-likeness (QED) is 0.752. The van der Waals surface area contributed by atoms with Crippen molar-refractivity contribution in [3.05, 3.63) is 0 Å². The summed E-state index contributed by atoms with van der Waals surface area (Å²) in [6.45, 7) is 16.9. The molecule has 2 rings (SSSR count). The van der Waals surface area contributed by atoms with E-state index in [4.69, 9.17) is 0 Å². The van der Waals surface area contributed by atoms with E-state index in [0.717, 1.165) is 23.8 Å². The van der Waals surface area contributed by atoms with Crippen molar-refractivity contribution in [3.8, 4) is 0 Å². The number of nitrogens with zero attached hydrogens (tertiary/aromatic N) is 2. The van der Waals surface area contributed by atoms with Crippen LogP contribution in [0.1, 0.15) is 60.3 Å². The molecule has 0 radical (unpaired) electrons. The molecule has 0 aromatic rings. The lowest BCUT2D eigenvalue weighted by Crippen LogP contribution is -2.37. The van der Waals surface area contributed by atoms with Gasteiger partial charge >= 0.3 is 0 Å². The third-order valence-corrected chi connectivity index (χ3v) is 5.25. The van der Waals surface area contributed by atoms with Crippen molar-refractivity contribution in [2.24, 2.45) is 17.8 Å². The molecule has 0 spiro atoms. The van der Waals surface area contributed by atoms with Crippen molar-refractivity contribution >= 4 is 0 Å². The molecule has 2 nitrogen and oxygen atoms in total. The molecule has 2 aliphatic rings. The van der Waals surface area contributed by atoms with Crippen LogP contribution in [0, 0.1) is 17.8 Å². The first-order chi connectivity index (χ1) is 9.40. The minimum atomic E-state index is 0.757. The summed E-state index contributed by atoms with van der Waals surface area (Å²) >= 11 is 0. The van der Waals surface area contributed by atoms with Crippen LogP contribution in [0.3, 0.4) is 0 Å². The van der Waals surface area contributed by atoms with E-state index >= 15 is 0 Å². The van der Waals surface area contributed by atoms with Gasteiger partial charge in [-0.15, -0.1) is 0 Å². The molecule has 0 aliphatic carbocycles. The molecule has 0 amide bonds. The van der Waals surface area contributed by atoms with E-state index in [0.29, 0.717) is 0 Å². The van der Waals surface area contributed by atoms with Gasteiger partial charge in [0, 0.05) is 6.04 Å². The van der Waals surface area contributed by atoms with Gasteiger partial charge in [-0.25, -0.2) is 0 Å². The third-order valence-electron chi connectivity index (χ3n) is 5.25. The number of hydrogen-bond donors (Lipinski definition) is 0. The lowest BCUT2D eigenvalue weighted by molar-refractivity contribution is 0.156. The summed E-state index contributed by atoms with van der Waals surface area (Å²) in [6.07, 6.45) is 5.62. The Hall–Kier alpha value is -0.0800. The second kappa shape index (κ2) is 9.04. The zero-order chi connectivity index (χ0) is 15.1. The highest BCUT2D eigenvalue weighted by atomic mass is 15.1. The lowest BCUT2D eigenvalue weighted by Gasteiger charge is -2.33. The number of hydrogen-bond acceptors (Lipinski definition) is 2. The molecule has 0 aromatic carbocycles. The van der Waals surface area contributed by atoms with E-state index < -0.39 is 0 Å². The van der Waals surface area contributed by atoms with E-state index in [1.165, 1.54) is 51.9 Å². The van der Waals surface area contributed by atoms with Crippen LogP contribution in [0.25, 0.3) is 0 Å². The SMILES string of the molecule is CC(C)C1CCN(C)CC1.CC1CCN(C(C)C)CC1. The Bertz CT molecular complexity index is 208. The van der Waals surface area contributed by atoms with Crippen molar-refractivity contribution in [1.29, 1.82) is 0 Å². The Morgan fingerprint density at radius 3 is 1.70 bits per heavy atom. The molecule has 2 saturated heterocycles. The normalized spacial score (nSPS) is 24.0. The number of likely N-dealkylation sites (tertiary alicyclic amines) is 2. The highest BCUT2D eigenvalue weighted by Crippen LogP contribution is 2.23. The zero-order valence-corrected chi connectivity index (χ0v) is 14.9. The summed E-state index contributed by atoms with van der Waals surface area (Å²) in [6, 6.07) is 0.757. The summed E-state index contributed by atoms with van der Waals surface area (Å²) in [5, 5.41) is 0. The van der Waals surface area contributed by atoms with E-state index in [2.05, 4.69) is 51.5 Å². The first-order valence-corrected chi connectivity index (χ1v) is 8.82. The Kier molecular flexibility index (Phi) is 8.13. The Labute approximate surface area is 127 Å². The summed E-state index contributed by atoms with van der Waals surface area (Å²) in [5.41, 5.74) is 0. The van der Waals surface area contributed by atoms with Gasteiger partial charge < -0.3 is 9.80 Å². The molecule has 2 heterocycles. The average Bonchev–Trinajstić information content (AvgIpc) is 2.40. The van der Waals surface area contributed by atoms with Gasteiger partial charge in [-0.05, 0) is 90.5 Å².